The number of hydrogen-bond acceptors (Lipinski definition) is 8. The van der Waals surface area contributed by atoms with Gasteiger partial charge in [-0.15, -0.1) is 0 Å². The van der Waals surface area contributed by atoms with Gasteiger partial charge in [0.1, 0.15) is 24.0 Å². The van der Waals surface area contributed by atoms with Gasteiger partial charge in [0.2, 0.25) is 0 Å². The Morgan fingerprint density at radius 3 is 1.75 bits per heavy atom. The van der Waals surface area contributed by atoms with Gasteiger partial charge in [0.15, 0.2) is 0 Å². The molecule has 0 saturated carbocycles. The summed E-state index contributed by atoms with van der Waals surface area (Å²) in [6.45, 7) is 17.1. The molecule has 2 aromatic rings. The van der Waals surface area contributed by atoms with Crippen molar-refractivity contribution >= 4 is 5.97 Å². The third-order valence-electron chi connectivity index (χ3n) is 6.60. The summed E-state index contributed by atoms with van der Waals surface area (Å²) >= 11 is 0. The highest BCUT2D eigenvalue weighted by atomic mass is 16.6. The maximum atomic E-state index is 13.1. The third kappa shape index (κ3) is 9.28. The second-order valence-electron chi connectivity index (χ2n) is 11.9. The van der Waals surface area contributed by atoms with Crippen molar-refractivity contribution in [2.24, 2.45) is 0 Å². The van der Waals surface area contributed by atoms with E-state index in [0.717, 1.165) is 16.7 Å². The minimum atomic E-state index is -0.458. The molecule has 1 aliphatic heterocycles. The van der Waals surface area contributed by atoms with Gasteiger partial charge in [-0.05, 0) is 34.1 Å². The van der Waals surface area contributed by atoms with E-state index in [-0.39, 0.29) is 23.4 Å². The van der Waals surface area contributed by atoms with Gasteiger partial charge in [0.25, 0.3) is 0 Å². The Morgan fingerprint density at radius 2 is 1.25 bits per heavy atom. The number of benzene rings is 2. The van der Waals surface area contributed by atoms with Crippen molar-refractivity contribution in [1.29, 1.82) is 0 Å². The van der Waals surface area contributed by atoms with Crippen LogP contribution in [0.4, 0.5) is 0 Å². The van der Waals surface area contributed by atoms with Crippen molar-refractivity contribution in [3.05, 3.63) is 58.7 Å². The zero-order valence-electron chi connectivity index (χ0n) is 24.9. The van der Waals surface area contributed by atoms with Crippen LogP contribution in [0.1, 0.15) is 69.7 Å². The number of aliphatic hydroxyl groups excluding tert-OH is 1. The van der Waals surface area contributed by atoms with Crippen LogP contribution in [0.3, 0.4) is 0 Å². The fourth-order valence-electron chi connectivity index (χ4n) is 4.37. The quantitative estimate of drug-likeness (QED) is 0.179. The third-order valence-corrected chi connectivity index (χ3v) is 6.60. The van der Waals surface area contributed by atoms with Crippen molar-refractivity contribution in [2.45, 2.75) is 58.3 Å². The predicted molar refractivity (Wildman–Crippen MR) is 154 cm³/mol. The van der Waals surface area contributed by atoms with E-state index in [9.17, 15) is 4.79 Å². The second kappa shape index (κ2) is 14.9. The first kappa shape index (κ1) is 32.0. The van der Waals surface area contributed by atoms with Crippen LogP contribution in [-0.4, -0.2) is 77.1 Å². The molecule has 0 amide bonds. The molecule has 0 spiro atoms. The number of hydrogen-bond donors (Lipinski definition) is 1. The smallest absolute Gasteiger partial charge is 0.323 e. The van der Waals surface area contributed by atoms with Crippen molar-refractivity contribution in [3.8, 4) is 11.5 Å². The average Bonchev–Trinajstić information content (AvgIpc) is 3.23. The van der Waals surface area contributed by atoms with E-state index in [1.54, 1.807) is 0 Å². The fourth-order valence-corrected chi connectivity index (χ4v) is 4.37. The Labute approximate surface area is 238 Å². The molecule has 8 nitrogen and oxygen atoms in total. The molecule has 0 aromatic heterocycles. The van der Waals surface area contributed by atoms with E-state index in [1.165, 1.54) is 5.56 Å². The Kier molecular flexibility index (Phi) is 12.0. The van der Waals surface area contributed by atoms with Crippen molar-refractivity contribution in [3.63, 3.8) is 0 Å². The summed E-state index contributed by atoms with van der Waals surface area (Å²) < 4.78 is 33.2. The van der Waals surface area contributed by atoms with Crippen LogP contribution in [0.25, 0.3) is 0 Å². The molecule has 40 heavy (non-hydrogen) atoms. The minimum Gasteiger partial charge on any atom is -0.491 e. The first-order valence-electron chi connectivity index (χ1n) is 14.1. The van der Waals surface area contributed by atoms with Crippen LogP contribution in [-0.2, 0) is 34.6 Å². The summed E-state index contributed by atoms with van der Waals surface area (Å²) in [6, 6.07) is 12.0. The standard InChI is InChI=1S/C32H46O8/c1-31(2,3)24-21-26-28(30(34)40-29(26)27(22-24)32(4,5)6)23-7-9-25(10-8-23)39-20-19-38-18-17-37-16-15-36-14-13-35-12-11-33/h7-10,21-22,28,33H,11-20H2,1-6H3. The SMILES string of the molecule is CC(C)(C)c1cc2c(c(C(C)(C)C)c1)OC(=O)C2c1ccc(OCCOCCOCCOCCOCCO)cc1. The maximum Gasteiger partial charge on any atom is 0.323 e. The summed E-state index contributed by atoms with van der Waals surface area (Å²) in [5, 5.41) is 8.62. The van der Waals surface area contributed by atoms with E-state index < -0.39 is 5.92 Å². The van der Waals surface area contributed by atoms with Gasteiger partial charge in [-0.2, -0.15) is 0 Å². The lowest BCUT2D eigenvalue weighted by Gasteiger charge is -2.27. The van der Waals surface area contributed by atoms with Gasteiger partial charge in [-0.1, -0.05) is 65.8 Å². The topological polar surface area (TPSA) is 92.7 Å². The fraction of sp³-hybridized carbons (Fsp3) is 0.594. The van der Waals surface area contributed by atoms with E-state index in [2.05, 4.69) is 53.7 Å². The molecule has 0 aliphatic carbocycles. The number of rotatable bonds is 16. The molecule has 1 aliphatic rings. The Balaban J connectivity index is 1.45. The molecule has 1 atom stereocenters. The summed E-state index contributed by atoms with van der Waals surface area (Å²) in [7, 11) is 0. The van der Waals surface area contributed by atoms with Crippen molar-refractivity contribution in [2.75, 3.05) is 66.1 Å². The van der Waals surface area contributed by atoms with Gasteiger partial charge < -0.3 is 33.5 Å². The van der Waals surface area contributed by atoms with Crippen LogP contribution in [0.15, 0.2) is 36.4 Å². The number of esters is 1. The lowest BCUT2D eigenvalue weighted by Crippen LogP contribution is -2.17. The highest BCUT2D eigenvalue weighted by Gasteiger charge is 2.39. The molecule has 3 rings (SSSR count). The van der Waals surface area contributed by atoms with Crippen LogP contribution < -0.4 is 9.47 Å². The van der Waals surface area contributed by atoms with Gasteiger partial charge in [0, 0.05) is 11.1 Å². The van der Waals surface area contributed by atoms with Gasteiger partial charge in [-0.3, -0.25) is 4.79 Å². The number of fused-ring (bicyclic) bond motifs is 1. The molecule has 0 saturated heterocycles. The highest BCUT2D eigenvalue weighted by Crippen LogP contribution is 2.47. The molecule has 222 valence electrons. The predicted octanol–water partition coefficient (Wildman–Crippen LogP) is 4.77. The maximum absolute atomic E-state index is 13.1. The molecule has 1 unspecified atom stereocenters. The zero-order valence-corrected chi connectivity index (χ0v) is 24.9. The second-order valence-corrected chi connectivity index (χ2v) is 11.9. The van der Waals surface area contributed by atoms with Gasteiger partial charge >= 0.3 is 5.97 Å². The first-order valence-corrected chi connectivity index (χ1v) is 14.1. The summed E-state index contributed by atoms with van der Waals surface area (Å²) in [4.78, 5) is 13.1. The molecular weight excluding hydrogens is 512 g/mol. The number of aliphatic hydroxyl groups is 1. The van der Waals surface area contributed by atoms with E-state index in [1.807, 2.05) is 24.3 Å². The molecule has 0 bridgehead atoms. The van der Waals surface area contributed by atoms with Crippen LogP contribution in [0.5, 0.6) is 11.5 Å². The van der Waals surface area contributed by atoms with E-state index in [4.69, 9.17) is 33.5 Å². The van der Waals surface area contributed by atoms with Crippen molar-refractivity contribution in [1.82, 2.24) is 0 Å². The molecule has 8 heteroatoms. The largest absolute Gasteiger partial charge is 0.491 e. The summed E-state index contributed by atoms with van der Waals surface area (Å²) in [5.41, 5.74) is 3.87. The Hall–Kier alpha value is -2.49. The first-order chi connectivity index (χ1) is 19.0. The lowest BCUT2D eigenvalue weighted by molar-refractivity contribution is -0.133. The van der Waals surface area contributed by atoms with Crippen LogP contribution in [0.2, 0.25) is 0 Å². The van der Waals surface area contributed by atoms with E-state index >= 15 is 0 Å². The number of carbonyl (C=O) groups excluding carboxylic acids is 1. The Morgan fingerprint density at radius 1 is 0.725 bits per heavy atom. The van der Waals surface area contributed by atoms with Gasteiger partial charge in [0.05, 0.1) is 59.5 Å². The normalized spacial score (nSPS) is 15.3. The van der Waals surface area contributed by atoms with Crippen LogP contribution in [0, 0.1) is 0 Å². The van der Waals surface area contributed by atoms with Crippen molar-refractivity contribution < 1.29 is 38.3 Å². The molecular formula is C32H46O8. The minimum absolute atomic E-state index is 0.0195. The molecule has 1 heterocycles. The summed E-state index contributed by atoms with van der Waals surface area (Å²) in [6.07, 6.45) is 0. The lowest BCUT2D eigenvalue weighted by atomic mass is 9.77. The molecule has 0 fully saturated rings. The highest BCUT2D eigenvalue weighted by molar-refractivity contribution is 5.90. The monoisotopic (exact) mass is 558 g/mol. The van der Waals surface area contributed by atoms with Crippen LogP contribution >= 0.6 is 0 Å². The average molecular weight is 559 g/mol. The Bertz CT molecular complexity index is 1070. The number of ether oxygens (including phenoxy) is 6. The summed E-state index contributed by atoms with van der Waals surface area (Å²) in [5.74, 6) is 0.720. The molecule has 0 radical (unpaired) electrons. The zero-order chi connectivity index (χ0) is 29.2. The molecule has 1 N–H and O–H groups in total. The van der Waals surface area contributed by atoms with Gasteiger partial charge in [-0.25, -0.2) is 0 Å². The number of carbonyl (C=O) groups is 1. The van der Waals surface area contributed by atoms with E-state index in [0.29, 0.717) is 71.0 Å². The molecule has 2 aromatic carbocycles.